The second kappa shape index (κ2) is 4.05. The fraction of sp³-hybridized carbons (Fsp3) is 0.111. The van der Waals surface area contributed by atoms with E-state index in [1.165, 1.54) is 12.3 Å². The molecule has 0 unspecified atom stereocenters. The summed E-state index contributed by atoms with van der Waals surface area (Å²) >= 11 is 5.67. The number of pyridine rings is 1. The van der Waals surface area contributed by atoms with Gasteiger partial charge in [-0.1, -0.05) is 11.6 Å². The Labute approximate surface area is 93.3 Å². The summed E-state index contributed by atoms with van der Waals surface area (Å²) in [6.07, 6.45) is -1.00. The number of aldehydes is 1. The van der Waals surface area contributed by atoms with Crippen LogP contribution in [0.2, 0.25) is 5.15 Å². The molecule has 0 amide bonds. The van der Waals surface area contributed by atoms with Crippen LogP contribution in [0.3, 0.4) is 0 Å². The van der Waals surface area contributed by atoms with E-state index in [2.05, 4.69) is 15.0 Å². The lowest BCUT2D eigenvalue weighted by Crippen LogP contribution is -1.98. The van der Waals surface area contributed by atoms with E-state index in [4.69, 9.17) is 11.6 Å². The van der Waals surface area contributed by atoms with Gasteiger partial charge in [-0.3, -0.25) is 9.78 Å². The maximum Gasteiger partial charge on any atom is 0.297 e. The first kappa shape index (κ1) is 10.8. The summed E-state index contributed by atoms with van der Waals surface area (Å²) in [4.78, 5) is 21.3. The average molecular weight is 244 g/mol. The number of hydrogen-bond acceptors (Lipinski definition) is 4. The molecule has 0 saturated carbocycles. The molecule has 0 atom stereocenters. The standard InChI is InChI=1S/C9H4ClF2N3O/c10-7-6-5(1-4(3-16)2-13-6)14-9(15-7)8(11)12/h1-3,8H. The minimum atomic E-state index is -2.82. The minimum Gasteiger partial charge on any atom is -0.298 e. The second-order valence-electron chi connectivity index (χ2n) is 2.93. The Morgan fingerprint density at radius 1 is 1.38 bits per heavy atom. The predicted molar refractivity (Wildman–Crippen MR) is 52.7 cm³/mol. The maximum atomic E-state index is 12.4. The number of aromatic nitrogens is 3. The van der Waals surface area contributed by atoms with Crippen molar-refractivity contribution in [2.45, 2.75) is 6.43 Å². The SMILES string of the molecule is O=Cc1cnc2c(Cl)nc(C(F)F)nc2c1. The summed E-state index contributed by atoms with van der Waals surface area (Å²) in [5.41, 5.74) is 0.555. The van der Waals surface area contributed by atoms with Crippen LogP contribution in [-0.2, 0) is 0 Å². The zero-order chi connectivity index (χ0) is 11.7. The largest absolute Gasteiger partial charge is 0.298 e. The second-order valence-corrected chi connectivity index (χ2v) is 3.29. The molecule has 16 heavy (non-hydrogen) atoms. The van der Waals surface area contributed by atoms with Gasteiger partial charge in [-0.25, -0.2) is 18.7 Å². The van der Waals surface area contributed by atoms with Gasteiger partial charge in [-0.2, -0.15) is 0 Å². The highest BCUT2D eigenvalue weighted by Crippen LogP contribution is 2.22. The van der Waals surface area contributed by atoms with Gasteiger partial charge in [0.25, 0.3) is 6.43 Å². The predicted octanol–water partition coefficient (Wildman–Crippen LogP) is 2.43. The molecule has 0 aliphatic carbocycles. The summed E-state index contributed by atoms with van der Waals surface area (Å²) < 4.78 is 24.8. The molecule has 82 valence electrons. The lowest BCUT2D eigenvalue weighted by atomic mass is 10.2. The lowest BCUT2D eigenvalue weighted by Gasteiger charge is -2.02. The number of halogens is 3. The molecular formula is C9H4ClF2N3O. The van der Waals surface area contributed by atoms with Gasteiger partial charge in [-0.15, -0.1) is 0 Å². The summed E-state index contributed by atoms with van der Waals surface area (Å²) in [5.74, 6) is -0.678. The number of carbonyl (C=O) groups is 1. The van der Waals surface area contributed by atoms with Gasteiger partial charge in [0.05, 0.1) is 5.52 Å². The van der Waals surface area contributed by atoms with Crippen molar-refractivity contribution in [3.63, 3.8) is 0 Å². The molecule has 7 heteroatoms. The third-order valence-electron chi connectivity index (χ3n) is 1.86. The van der Waals surface area contributed by atoms with E-state index in [9.17, 15) is 13.6 Å². The summed E-state index contributed by atoms with van der Waals surface area (Å²) in [7, 11) is 0. The van der Waals surface area contributed by atoms with Crippen molar-refractivity contribution in [3.05, 3.63) is 28.8 Å². The van der Waals surface area contributed by atoms with E-state index in [-0.39, 0.29) is 21.7 Å². The highest BCUT2D eigenvalue weighted by atomic mass is 35.5. The Morgan fingerprint density at radius 2 is 2.12 bits per heavy atom. The molecule has 2 heterocycles. The van der Waals surface area contributed by atoms with Crippen LogP contribution < -0.4 is 0 Å². The fourth-order valence-electron chi connectivity index (χ4n) is 1.18. The van der Waals surface area contributed by atoms with Gasteiger partial charge >= 0.3 is 0 Å². The van der Waals surface area contributed by atoms with E-state index in [1.54, 1.807) is 0 Å². The van der Waals surface area contributed by atoms with Crippen LogP contribution in [0.25, 0.3) is 11.0 Å². The molecular weight excluding hydrogens is 240 g/mol. The Balaban J connectivity index is 2.72. The van der Waals surface area contributed by atoms with Crippen LogP contribution in [0.5, 0.6) is 0 Å². The summed E-state index contributed by atoms with van der Waals surface area (Å²) in [5, 5.41) is -0.155. The number of carbonyl (C=O) groups excluding carboxylic acids is 1. The minimum absolute atomic E-state index is 0.125. The third-order valence-corrected chi connectivity index (χ3v) is 2.13. The highest BCUT2D eigenvalue weighted by Gasteiger charge is 2.15. The smallest absolute Gasteiger partial charge is 0.297 e. The number of alkyl halides is 2. The van der Waals surface area contributed by atoms with Crippen LogP contribution in [-0.4, -0.2) is 21.2 Å². The Bertz CT molecular complexity index is 562. The highest BCUT2D eigenvalue weighted by molar-refractivity contribution is 6.33. The van der Waals surface area contributed by atoms with E-state index in [0.29, 0.717) is 6.29 Å². The molecule has 0 radical (unpaired) electrons. The number of fused-ring (bicyclic) bond motifs is 1. The normalized spacial score (nSPS) is 11.0. The number of nitrogens with zero attached hydrogens (tertiary/aromatic N) is 3. The van der Waals surface area contributed by atoms with Gasteiger partial charge in [0, 0.05) is 11.8 Å². The topological polar surface area (TPSA) is 55.7 Å². The van der Waals surface area contributed by atoms with Gasteiger partial charge < -0.3 is 0 Å². The molecule has 2 rings (SSSR count). The van der Waals surface area contributed by atoms with Crippen LogP contribution in [0.4, 0.5) is 8.78 Å². The molecule has 2 aromatic rings. The fourth-order valence-corrected chi connectivity index (χ4v) is 1.41. The van der Waals surface area contributed by atoms with Crippen LogP contribution in [0, 0.1) is 0 Å². The zero-order valence-electron chi connectivity index (χ0n) is 7.69. The first-order valence-corrected chi connectivity index (χ1v) is 4.56. The summed E-state index contributed by atoms with van der Waals surface area (Å²) in [6.45, 7) is 0. The molecule has 0 fully saturated rings. The molecule has 4 nitrogen and oxygen atoms in total. The molecule has 2 aromatic heterocycles. The molecule has 0 saturated heterocycles. The van der Waals surface area contributed by atoms with E-state index in [1.807, 2.05) is 0 Å². The first-order valence-electron chi connectivity index (χ1n) is 4.18. The molecule has 0 aromatic carbocycles. The Kier molecular flexibility index (Phi) is 2.74. The van der Waals surface area contributed by atoms with Crippen molar-refractivity contribution < 1.29 is 13.6 Å². The van der Waals surface area contributed by atoms with Crippen molar-refractivity contribution in [2.24, 2.45) is 0 Å². The van der Waals surface area contributed by atoms with Crippen molar-refractivity contribution in [1.29, 1.82) is 0 Å². The van der Waals surface area contributed by atoms with Crippen LogP contribution in [0.1, 0.15) is 22.6 Å². The molecule has 0 spiro atoms. The average Bonchev–Trinajstić information content (AvgIpc) is 2.28. The van der Waals surface area contributed by atoms with Crippen LogP contribution in [0.15, 0.2) is 12.3 Å². The third kappa shape index (κ3) is 1.83. The van der Waals surface area contributed by atoms with E-state index in [0.717, 1.165) is 0 Å². The Hall–Kier alpha value is -1.69. The summed E-state index contributed by atoms with van der Waals surface area (Å²) in [6, 6.07) is 1.33. The molecule has 0 N–H and O–H groups in total. The van der Waals surface area contributed by atoms with Crippen molar-refractivity contribution >= 4 is 28.9 Å². The van der Waals surface area contributed by atoms with Gasteiger partial charge in [0.2, 0.25) is 0 Å². The number of hydrogen-bond donors (Lipinski definition) is 0. The van der Waals surface area contributed by atoms with Gasteiger partial charge in [-0.05, 0) is 6.07 Å². The van der Waals surface area contributed by atoms with Gasteiger partial charge in [0.1, 0.15) is 5.52 Å². The van der Waals surface area contributed by atoms with E-state index >= 15 is 0 Å². The van der Waals surface area contributed by atoms with Crippen molar-refractivity contribution in [2.75, 3.05) is 0 Å². The Morgan fingerprint density at radius 3 is 2.75 bits per heavy atom. The van der Waals surface area contributed by atoms with Crippen LogP contribution >= 0.6 is 11.6 Å². The molecule has 0 aliphatic heterocycles. The zero-order valence-corrected chi connectivity index (χ0v) is 8.45. The van der Waals surface area contributed by atoms with E-state index < -0.39 is 12.2 Å². The van der Waals surface area contributed by atoms with Crippen molar-refractivity contribution in [1.82, 2.24) is 15.0 Å². The maximum absolute atomic E-state index is 12.4. The monoisotopic (exact) mass is 243 g/mol. The quantitative estimate of drug-likeness (QED) is 0.600. The number of rotatable bonds is 2. The molecule has 0 aliphatic rings. The van der Waals surface area contributed by atoms with Crippen molar-refractivity contribution in [3.8, 4) is 0 Å². The van der Waals surface area contributed by atoms with Gasteiger partial charge in [0.15, 0.2) is 17.3 Å². The molecule has 0 bridgehead atoms. The first-order chi connectivity index (χ1) is 7.61. The lowest BCUT2D eigenvalue weighted by molar-refractivity contribution is 0.112.